The van der Waals surface area contributed by atoms with Crippen molar-refractivity contribution >= 4 is 0 Å². The topological polar surface area (TPSA) is 42.7 Å². The molecular formula is C10H20N4. The van der Waals surface area contributed by atoms with E-state index in [0.29, 0.717) is 12.0 Å². The van der Waals surface area contributed by atoms with E-state index in [9.17, 15) is 0 Å². The zero-order valence-electron chi connectivity index (χ0n) is 9.27. The van der Waals surface area contributed by atoms with Crippen molar-refractivity contribution in [3.63, 3.8) is 0 Å². The van der Waals surface area contributed by atoms with Gasteiger partial charge in [-0.1, -0.05) is 13.8 Å². The van der Waals surface area contributed by atoms with Gasteiger partial charge in [-0.2, -0.15) is 5.10 Å². The van der Waals surface area contributed by atoms with Gasteiger partial charge in [0.25, 0.3) is 0 Å². The van der Waals surface area contributed by atoms with E-state index in [0.717, 1.165) is 13.1 Å². The minimum Gasteiger partial charge on any atom is -0.316 e. The summed E-state index contributed by atoms with van der Waals surface area (Å²) in [4.78, 5) is 3.95. The normalized spacial score (nSPS) is 15.4. The predicted octanol–water partition coefficient (Wildman–Crippen LogP) is 1.47. The highest BCUT2D eigenvalue weighted by atomic mass is 15.3. The molecule has 0 spiro atoms. The molecular weight excluding hydrogens is 176 g/mol. The molecule has 1 N–H and O–H groups in total. The summed E-state index contributed by atoms with van der Waals surface area (Å²) in [5.74, 6) is 0.572. The van der Waals surface area contributed by atoms with Gasteiger partial charge in [-0.15, -0.1) is 0 Å². The lowest BCUT2D eigenvalue weighted by atomic mass is 10.0. The first-order chi connectivity index (χ1) is 6.75. The molecule has 0 aliphatic heterocycles. The molecule has 0 aliphatic rings. The maximum Gasteiger partial charge on any atom is 0.137 e. The van der Waals surface area contributed by atoms with Crippen LogP contribution in [0.15, 0.2) is 12.7 Å². The van der Waals surface area contributed by atoms with E-state index in [1.54, 1.807) is 12.7 Å². The van der Waals surface area contributed by atoms with Crippen LogP contribution in [0.5, 0.6) is 0 Å². The zero-order chi connectivity index (χ0) is 10.4. The number of nitrogens with one attached hydrogen (secondary N) is 1. The van der Waals surface area contributed by atoms with Crippen LogP contribution in [0.2, 0.25) is 0 Å². The third-order valence-electron chi connectivity index (χ3n) is 2.57. The summed E-state index contributed by atoms with van der Waals surface area (Å²) < 4.78 is 1.91. The Kier molecular flexibility index (Phi) is 4.59. The molecule has 1 aromatic rings. The van der Waals surface area contributed by atoms with Crippen LogP contribution in [-0.2, 0) is 0 Å². The van der Waals surface area contributed by atoms with E-state index in [1.807, 2.05) is 4.68 Å². The van der Waals surface area contributed by atoms with Crippen LogP contribution in [0.3, 0.4) is 0 Å². The molecule has 0 amide bonds. The van der Waals surface area contributed by atoms with Gasteiger partial charge < -0.3 is 5.32 Å². The van der Waals surface area contributed by atoms with Gasteiger partial charge in [0, 0.05) is 0 Å². The van der Waals surface area contributed by atoms with Gasteiger partial charge in [0.2, 0.25) is 0 Å². The van der Waals surface area contributed by atoms with Crippen molar-refractivity contribution in [1.29, 1.82) is 0 Å². The van der Waals surface area contributed by atoms with E-state index >= 15 is 0 Å². The Morgan fingerprint density at radius 1 is 1.43 bits per heavy atom. The van der Waals surface area contributed by atoms with Crippen LogP contribution in [0, 0.1) is 5.92 Å². The van der Waals surface area contributed by atoms with Crippen molar-refractivity contribution in [3.05, 3.63) is 12.7 Å². The molecule has 0 aromatic carbocycles. The van der Waals surface area contributed by atoms with Crippen LogP contribution in [0.1, 0.15) is 33.2 Å². The first-order valence-electron chi connectivity index (χ1n) is 5.30. The van der Waals surface area contributed by atoms with Crippen molar-refractivity contribution in [3.8, 4) is 0 Å². The minimum atomic E-state index is 0.404. The van der Waals surface area contributed by atoms with Crippen molar-refractivity contribution < 1.29 is 0 Å². The number of hydrogen-bond acceptors (Lipinski definition) is 3. The fourth-order valence-corrected chi connectivity index (χ4v) is 1.37. The predicted molar refractivity (Wildman–Crippen MR) is 57.1 cm³/mol. The molecule has 0 aliphatic carbocycles. The van der Waals surface area contributed by atoms with Crippen LogP contribution in [0.4, 0.5) is 0 Å². The standard InChI is InChI=1S/C10H20N4/c1-4-5-11-6-9(2)10(3)14-8-12-7-13-14/h7-11H,4-6H2,1-3H3. The molecule has 0 saturated carbocycles. The Hall–Kier alpha value is -0.900. The van der Waals surface area contributed by atoms with E-state index in [2.05, 4.69) is 36.2 Å². The molecule has 0 fully saturated rings. The summed E-state index contributed by atoms with van der Waals surface area (Å²) in [7, 11) is 0. The van der Waals surface area contributed by atoms with Gasteiger partial charge in [0.15, 0.2) is 0 Å². The smallest absolute Gasteiger partial charge is 0.137 e. The Balaban J connectivity index is 2.33. The first-order valence-corrected chi connectivity index (χ1v) is 5.30. The molecule has 0 radical (unpaired) electrons. The molecule has 0 bridgehead atoms. The minimum absolute atomic E-state index is 0.404. The first kappa shape index (κ1) is 11.2. The Labute approximate surface area is 85.7 Å². The highest BCUT2D eigenvalue weighted by Crippen LogP contribution is 2.14. The molecule has 2 unspecified atom stereocenters. The number of nitrogens with zero attached hydrogens (tertiary/aromatic N) is 3. The fourth-order valence-electron chi connectivity index (χ4n) is 1.37. The highest BCUT2D eigenvalue weighted by Gasteiger charge is 2.13. The Morgan fingerprint density at radius 3 is 2.79 bits per heavy atom. The van der Waals surface area contributed by atoms with E-state index in [1.165, 1.54) is 6.42 Å². The van der Waals surface area contributed by atoms with E-state index in [-0.39, 0.29) is 0 Å². The monoisotopic (exact) mass is 196 g/mol. The third-order valence-corrected chi connectivity index (χ3v) is 2.57. The number of aromatic nitrogens is 3. The average molecular weight is 196 g/mol. The largest absolute Gasteiger partial charge is 0.316 e. The van der Waals surface area contributed by atoms with E-state index < -0.39 is 0 Å². The lowest BCUT2D eigenvalue weighted by Crippen LogP contribution is -2.27. The second-order valence-corrected chi connectivity index (χ2v) is 3.80. The lowest BCUT2D eigenvalue weighted by molar-refractivity contribution is 0.337. The summed E-state index contributed by atoms with van der Waals surface area (Å²) in [5, 5.41) is 7.56. The number of rotatable bonds is 6. The molecule has 4 heteroatoms. The maximum absolute atomic E-state index is 4.14. The van der Waals surface area contributed by atoms with Gasteiger partial charge in [-0.3, -0.25) is 0 Å². The van der Waals surface area contributed by atoms with Crippen molar-refractivity contribution in [2.75, 3.05) is 13.1 Å². The van der Waals surface area contributed by atoms with Crippen LogP contribution < -0.4 is 5.32 Å². The summed E-state index contributed by atoms with van der Waals surface area (Å²) in [6.07, 6.45) is 4.55. The fraction of sp³-hybridized carbons (Fsp3) is 0.800. The van der Waals surface area contributed by atoms with Gasteiger partial charge in [0.1, 0.15) is 12.7 Å². The van der Waals surface area contributed by atoms with Crippen LogP contribution in [0.25, 0.3) is 0 Å². The molecule has 1 heterocycles. The van der Waals surface area contributed by atoms with Crippen molar-refractivity contribution in [1.82, 2.24) is 20.1 Å². The Morgan fingerprint density at radius 2 is 2.21 bits per heavy atom. The second kappa shape index (κ2) is 5.75. The van der Waals surface area contributed by atoms with Crippen molar-refractivity contribution in [2.24, 2.45) is 5.92 Å². The van der Waals surface area contributed by atoms with Crippen LogP contribution in [-0.4, -0.2) is 27.9 Å². The summed E-state index contributed by atoms with van der Waals surface area (Å²) >= 11 is 0. The second-order valence-electron chi connectivity index (χ2n) is 3.80. The molecule has 0 saturated heterocycles. The van der Waals surface area contributed by atoms with Gasteiger partial charge in [-0.25, -0.2) is 9.67 Å². The highest BCUT2D eigenvalue weighted by molar-refractivity contribution is 4.71. The summed E-state index contributed by atoms with van der Waals surface area (Å²) in [6.45, 7) is 8.71. The molecule has 2 atom stereocenters. The average Bonchev–Trinajstić information content (AvgIpc) is 2.69. The summed E-state index contributed by atoms with van der Waals surface area (Å²) in [6, 6.07) is 0.404. The third kappa shape index (κ3) is 3.10. The lowest BCUT2D eigenvalue weighted by Gasteiger charge is -2.20. The molecule has 1 aromatic heterocycles. The SMILES string of the molecule is CCCNCC(C)C(C)n1cncn1. The molecule has 80 valence electrons. The molecule has 14 heavy (non-hydrogen) atoms. The van der Waals surface area contributed by atoms with Gasteiger partial charge >= 0.3 is 0 Å². The number of hydrogen-bond donors (Lipinski definition) is 1. The van der Waals surface area contributed by atoms with Crippen LogP contribution >= 0.6 is 0 Å². The van der Waals surface area contributed by atoms with Gasteiger partial charge in [0.05, 0.1) is 6.04 Å². The van der Waals surface area contributed by atoms with E-state index in [4.69, 9.17) is 0 Å². The molecule has 1 rings (SSSR count). The quantitative estimate of drug-likeness (QED) is 0.701. The molecule has 4 nitrogen and oxygen atoms in total. The Bertz CT molecular complexity index is 232. The van der Waals surface area contributed by atoms with Gasteiger partial charge in [-0.05, 0) is 32.4 Å². The maximum atomic E-state index is 4.14. The van der Waals surface area contributed by atoms with Crippen molar-refractivity contribution in [2.45, 2.75) is 33.2 Å². The summed E-state index contributed by atoms with van der Waals surface area (Å²) in [5.41, 5.74) is 0. The zero-order valence-corrected chi connectivity index (χ0v) is 9.27.